The largest absolute Gasteiger partial charge is 0.334 e. The van der Waals surface area contributed by atoms with E-state index in [0.717, 1.165) is 5.56 Å². The van der Waals surface area contributed by atoms with Crippen LogP contribution >= 0.6 is 7.60 Å². The molecule has 6 heteroatoms. The van der Waals surface area contributed by atoms with Crippen molar-refractivity contribution in [2.75, 3.05) is 19.4 Å². The van der Waals surface area contributed by atoms with Gasteiger partial charge in [-0.1, -0.05) is 30.3 Å². The molecule has 0 heterocycles. The summed E-state index contributed by atoms with van der Waals surface area (Å²) in [6, 6.07) is 9.54. The normalized spacial score (nSPS) is 15.4. The van der Waals surface area contributed by atoms with Gasteiger partial charge in [0, 0.05) is 0 Å². The molecule has 1 unspecified atom stereocenters. The maximum absolute atomic E-state index is 12.9. The van der Waals surface area contributed by atoms with Gasteiger partial charge in [0.05, 0.1) is 25.0 Å². The van der Waals surface area contributed by atoms with Gasteiger partial charge < -0.3 is 9.05 Å². The Morgan fingerprint density at radius 1 is 0.913 bits per heavy atom. The van der Waals surface area contributed by atoms with Crippen LogP contribution in [0.1, 0.15) is 47.1 Å². The molecule has 0 N–H and O–H groups in total. The zero-order chi connectivity index (χ0) is 17.6. The minimum Gasteiger partial charge on any atom is -0.309 e. The van der Waals surface area contributed by atoms with E-state index < -0.39 is 18.8 Å². The molecule has 0 bridgehead atoms. The molecule has 0 aromatic heterocycles. The summed E-state index contributed by atoms with van der Waals surface area (Å²) in [6.45, 7) is 11.7. The third-order valence-corrected chi connectivity index (χ3v) is 5.30. The summed E-state index contributed by atoms with van der Waals surface area (Å²) in [4.78, 5) is 11.3. The molecule has 5 nitrogen and oxygen atoms in total. The zero-order valence-corrected chi connectivity index (χ0v) is 15.9. The number of rotatable bonds is 9. The lowest BCUT2D eigenvalue weighted by atomic mass is 9.98. The van der Waals surface area contributed by atoms with Crippen LogP contribution in [0.4, 0.5) is 0 Å². The molecule has 0 saturated heterocycles. The van der Waals surface area contributed by atoms with Gasteiger partial charge in [-0.3, -0.25) is 4.57 Å². The Morgan fingerprint density at radius 2 is 1.43 bits per heavy atom. The van der Waals surface area contributed by atoms with Crippen molar-refractivity contribution in [1.82, 2.24) is 0 Å². The summed E-state index contributed by atoms with van der Waals surface area (Å²) < 4.78 is 23.8. The van der Waals surface area contributed by atoms with Gasteiger partial charge >= 0.3 is 7.60 Å². The Bertz CT molecular complexity index is 501. The first-order valence-corrected chi connectivity index (χ1v) is 9.67. The second-order valence-corrected chi connectivity index (χ2v) is 8.53. The minimum atomic E-state index is -3.29. The first-order valence-electron chi connectivity index (χ1n) is 7.94. The third-order valence-electron chi connectivity index (χ3n) is 3.01. The van der Waals surface area contributed by atoms with Crippen molar-refractivity contribution in [3.63, 3.8) is 0 Å². The van der Waals surface area contributed by atoms with Gasteiger partial charge in [0.2, 0.25) is 0 Å². The van der Waals surface area contributed by atoms with E-state index >= 15 is 0 Å². The summed E-state index contributed by atoms with van der Waals surface area (Å²) in [5.74, 6) is 0. The number of hydrogen-bond acceptors (Lipinski definition) is 5. The van der Waals surface area contributed by atoms with Crippen LogP contribution in [0.15, 0.2) is 30.3 Å². The van der Waals surface area contributed by atoms with E-state index in [-0.39, 0.29) is 6.16 Å². The van der Waals surface area contributed by atoms with Crippen LogP contribution in [0, 0.1) is 0 Å². The Kier molecular flexibility index (Phi) is 7.43. The molecule has 0 spiro atoms. The summed E-state index contributed by atoms with van der Waals surface area (Å²) in [6.07, 6.45) is 0.0712. The SMILES string of the molecule is CCOP(=O)(CC(C)(OOC(C)(C)C)c1ccccc1)OCC. The second-order valence-electron chi connectivity index (χ2n) is 6.48. The fourth-order valence-electron chi connectivity index (χ4n) is 2.06. The van der Waals surface area contributed by atoms with E-state index in [0.29, 0.717) is 13.2 Å². The van der Waals surface area contributed by atoms with Gasteiger partial charge in [0.15, 0.2) is 0 Å². The monoisotopic (exact) mass is 344 g/mol. The van der Waals surface area contributed by atoms with Crippen LogP contribution in [0.2, 0.25) is 0 Å². The average Bonchev–Trinajstić information content (AvgIpc) is 2.46. The van der Waals surface area contributed by atoms with Gasteiger partial charge in [-0.25, -0.2) is 9.78 Å². The quantitative estimate of drug-likeness (QED) is 0.362. The average molecular weight is 344 g/mol. The van der Waals surface area contributed by atoms with E-state index in [1.165, 1.54) is 0 Å². The highest BCUT2D eigenvalue weighted by Gasteiger charge is 2.41. The fourth-order valence-corrected chi connectivity index (χ4v) is 4.08. The second kappa shape index (κ2) is 8.41. The van der Waals surface area contributed by atoms with Gasteiger partial charge in [-0.2, -0.15) is 0 Å². The van der Waals surface area contributed by atoms with Gasteiger partial charge in [0.25, 0.3) is 0 Å². The molecule has 0 radical (unpaired) electrons. The molecular weight excluding hydrogens is 315 g/mol. The Morgan fingerprint density at radius 3 is 1.87 bits per heavy atom. The first kappa shape index (κ1) is 20.3. The van der Waals surface area contributed by atoms with Crippen LogP contribution in [0.3, 0.4) is 0 Å². The van der Waals surface area contributed by atoms with Crippen LogP contribution in [-0.4, -0.2) is 25.0 Å². The first-order chi connectivity index (χ1) is 10.6. The number of hydrogen-bond donors (Lipinski definition) is 0. The summed E-state index contributed by atoms with van der Waals surface area (Å²) in [7, 11) is -3.29. The maximum Gasteiger partial charge on any atom is 0.334 e. The molecular formula is C17H29O5P. The van der Waals surface area contributed by atoms with Crippen molar-refractivity contribution in [2.45, 2.75) is 52.7 Å². The Hall–Kier alpha value is -0.710. The number of benzene rings is 1. The van der Waals surface area contributed by atoms with E-state index in [1.807, 2.05) is 58.0 Å². The topological polar surface area (TPSA) is 54.0 Å². The lowest BCUT2D eigenvalue weighted by molar-refractivity contribution is -0.401. The third kappa shape index (κ3) is 6.74. The summed E-state index contributed by atoms with van der Waals surface area (Å²) >= 11 is 0. The van der Waals surface area contributed by atoms with Crippen LogP contribution in [-0.2, 0) is 29.0 Å². The highest BCUT2D eigenvalue weighted by atomic mass is 31.2. The molecule has 0 aliphatic carbocycles. The van der Waals surface area contributed by atoms with E-state index in [2.05, 4.69) is 0 Å². The molecule has 0 aliphatic rings. The molecule has 132 valence electrons. The Labute approximate surface area is 139 Å². The minimum absolute atomic E-state index is 0.0712. The lowest BCUT2D eigenvalue weighted by Crippen LogP contribution is -2.35. The van der Waals surface area contributed by atoms with Crippen molar-refractivity contribution in [1.29, 1.82) is 0 Å². The predicted molar refractivity (Wildman–Crippen MR) is 91.4 cm³/mol. The van der Waals surface area contributed by atoms with Crippen molar-refractivity contribution in [2.24, 2.45) is 0 Å². The van der Waals surface area contributed by atoms with E-state index in [9.17, 15) is 4.57 Å². The Balaban J connectivity index is 3.10. The van der Waals surface area contributed by atoms with Gasteiger partial charge in [0.1, 0.15) is 5.60 Å². The molecule has 0 saturated carbocycles. The fraction of sp³-hybridized carbons (Fsp3) is 0.647. The lowest BCUT2D eigenvalue weighted by Gasteiger charge is -2.34. The highest BCUT2D eigenvalue weighted by Crippen LogP contribution is 2.53. The van der Waals surface area contributed by atoms with Crippen LogP contribution in [0.5, 0.6) is 0 Å². The van der Waals surface area contributed by atoms with Crippen LogP contribution < -0.4 is 0 Å². The summed E-state index contributed by atoms with van der Waals surface area (Å²) in [5, 5.41) is 0. The molecule has 0 amide bonds. The summed E-state index contributed by atoms with van der Waals surface area (Å²) in [5.41, 5.74) is -0.588. The molecule has 1 aromatic rings. The zero-order valence-electron chi connectivity index (χ0n) is 15.0. The molecule has 23 heavy (non-hydrogen) atoms. The van der Waals surface area contributed by atoms with Crippen molar-refractivity contribution in [3.8, 4) is 0 Å². The molecule has 1 atom stereocenters. The van der Waals surface area contributed by atoms with E-state index in [4.69, 9.17) is 18.8 Å². The smallest absolute Gasteiger partial charge is 0.309 e. The molecule has 1 rings (SSSR count). The van der Waals surface area contributed by atoms with Gasteiger partial charge in [-0.15, -0.1) is 0 Å². The predicted octanol–water partition coefficient (Wildman–Crippen LogP) is 4.91. The van der Waals surface area contributed by atoms with Crippen LogP contribution in [0.25, 0.3) is 0 Å². The molecule has 1 aromatic carbocycles. The standard InChI is InChI=1S/C17H29O5P/c1-7-19-23(18,20-8-2)14-17(6,22-21-16(3,4)5)15-12-10-9-11-13-15/h9-13H,7-8,14H2,1-6H3. The maximum atomic E-state index is 12.9. The molecule has 0 fully saturated rings. The van der Waals surface area contributed by atoms with Gasteiger partial charge in [-0.05, 0) is 47.1 Å². The van der Waals surface area contributed by atoms with Crippen molar-refractivity contribution >= 4 is 7.60 Å². The highest BCUT2D eigenvalue weighted by molar-refractivity contribution is 7.53. The van der Waals surface area contributed by atoms with E-state index in [1.54, 1.807) is 13.8 Å². The van der Waals surface area contributed by atoms with Crippen molar-refractivity contribution in [3.05, 3.63) is 35.9 Å². The van der Waals surface area contributed by atoms with Crippen molar-refractivity contribution < 1.29 is 23.4 Å². The molecule has 0 aliphatic heterocycles.